The number of ketones is 1. The van der Waals surface area contributed by atoms with Gasteiger partial charge in [-0.05, 0) is 66.2 Å². The molecule has 1 heterocycles. The van der Waals surface area contributed by atoms with Crippen LogP contribution < -0.4 is 15.0 Å². The summed E-state index contributed by atoms with van der Waals surface area (Å²) in [5.74, 6) is -1.32. The van der Waals surface area contributed by atoms with Crippen molar-refractivity contribution in [2.45, 2.75) is 6.04 Å². The van der Waals surface area contributed by atoms with Crippen LogP contribution in [-0.2, 0) is 9.59 Å². The molecule has 4 aromatic rings. The first-order chi connectivity index (χ1) is 18.0. The fourth-order valence-electron chi connectivity index (χ4n) is 4.39. The van der Waals surface area contributed by atoms with E-state index in [1.165, 1.54) is 24.1 Å². The largest absolute Gasteiger partial charge is 0.508 e. The second-order valence-corrected chi connectivity index (χ2v) is 8.53. The standard InChI is InChI=1S/C30H24N2O5/c1-37-25-9-5-6-20(18-25)28(34)26-27(19-10-16-24(33)17-11-19)32(30(36)29(26)35)23-14-12-22(13-15-23)31-21-7-3-2-4-8-21/h2-18,27,31,33-34H,1H3/b28-26-. The molecule has 1 fully saturated rings. The van der Waals surface area contributed by atoms with E-state index in [0.29, 0.717) is 22.6 Å². The van der Waals surface area contributed by atoms with E-state index >= 15 is 0 Å². The first kappa shape index (κ1) is 23.7. The summed E-state index contributed by atoms with van der Waals surface area (Å²) < 4.78 is 5.25. The number of phenolic OH excluding ortho intramolecular Hbond substituents is 1. The molecule has 0 radical (unpaired) electrons. The predicted octanol–water partition coefficient (Wildman–Crippen LogP) is 5.77. The fourth-order valence-corrected chi connectivity index (χ4v) is 4.39. The lowest BCUT2D eigenvalue weighted by molar-refractivity contribution is -0.132. The van der Waals surface area contributed by atoms with Gasteiger partial charge in [0.1, 0.15) is 17.3 Å². The number of Topliss-reactive ketones (excluding diaryl/α,β-unsaturated/α-hetero) is 1. The number of hydrogen-bond donors (Lipinski definition) is 3. The normalized spacial score (nSPS) is 16.6. The smallest absolute Gasteiger partial charge is 0.300 e. The van der Waals surface area contributed by atoms with Gasteiger partial charge in [0.05, 0.1) is 18.7 Å². The minimum absolute atomic E-state index is 0.0459. The number of aromatic hydroxyl groups is 1. The van der Waals surface area contributed by atoms with Crippen LogP contribution in [0.2, 0.25) is 0 Å². The molecular weight excluding hydrogens is 468 g/mol. The molecule has 7 heteroatoms. The summed E-state index contributed by atoms with van der Waals surface area (Å²) in [6.07, 6.45) is 0. The van der Waals surface area contributed by atoms with Gasteiger partial charge in [-0.3, -0.25) is 14.5 Å². The first-order valence-corrected chi connectivity index (χ1v) is 11.6. The number of benzene rings is 4. The van der Waals surface area contributed by atoms with Crippen LogP contribution in [0.15, 0.2) is 109 Å². The number of nitrogens with zero attached hydrogens (tertiary/aromatic N) is 1. The third-order valence-corrected chi connectivity index (χ3v) is 6.20. The quantitative estimate of drug-likeness (QED) is 0.180. The van der Waals surface area contributed by atoms with E-state index in [2.05, 4.69) is 5.32 Å². The van der Waals surface area contributed by atoms with Gasteiger partial charge in [-0.2, -0.15) is 0 Å². The fraction of sp³-hybridized carbons (Fsp3) is 0.0667. The van der Waals surface area contributed by atoms with E-state index in [1.54, 1.807) is 48.5 Å². The summed E-state index contributed by atoms with van der Waals surface area (Å²) in [6, 6.07) is 28.8. The van der Waals surface area contributed by atoms with Crippen LogP contribution in [0, 0.1) is 0 Å². The molecule has 1 aliphatic rings. The van der Waals surface area contributed by atoms with Crippen LogP contribution in [0.4, 0.5) is 17.1 Å². The van der Waals surface area contributed by atoms with E-state index in [4.69, 9.17) is 4.74 Å². The van der Waals surface area contributed by atoms with Gasteiger partial charge in [0.2, 0.25) is 0 Å². The van der Waals surface area contributed by atoms with Gasteiger partial charge >= 0.3 is 0 Å². The summed E-state index contributed by atoms with van der Waals surface area (Å²) in [6.45, 7) is 0. The molecule has 0 aliphatic carbocycles. The number of carbonyl (C=O) groups is 2. The zero-order chi connectivity index (χ0) is 25.9. The van der Waals surface area contributed by atoms with Gasteiger partial charge in [-0.1, -0.05) is 42.5 Å². The number of anilines is 3. The summed E-state index contributed by atoms with van der Waals surface area (Å²) >= 11 is 0. The Bertz CT molecular complexity index is 1480. The molecular formula is C30H24N2O5. The van der Waals surface area contributed by atoms with Crippen molar-refractivity contribution >= 4 is 34.5 Å². The maximum absolute atomic E-state index is 13.3. The highest BCUT2D eigenvalue weighted by molar-refractivity contribution is 6.51. The first-order valence-electron chi connectivity index (χ1n) is 11.6. The van der Waals surface area contributed by atoms with Crippen LogP contribution in [0.25, 0.3) is 5.76 Å². The summed E-state index contributed by atoms with van der Waals surface area (Å²) in [5.41, 5.74) is 3.08. The van der Waals surface area contributed by atoms with E-state index in [0.717, 1.165) is 11.4 Å². The molecule has 7 nitrogen and oxygen atoms in total. The zero-order valence-electron chi connectivity index (χ0n) is 20.0. The Balaban J connectivity index is 1.59. The number of para-hydroxylation sites is 1. The van der Waals surface area contributed by atoms with Gasteiger partial charge in [-0.25, -0.2) is 0 Å². The van der Waals surface area contributed by atoms with Crippen molar-refractivity contribution < 1.29 is 24.5 Å². The van der Waals surface area contributed by atoms with Crippen LogP contribution >= 0.6 is 0 Å². The average Bonchev–Trinajstić information content (AvgIpc) is 3.20. The van der Waals surface area contributed by atoms with Gasteiger partial charge in [0.25, 0.3) is 11.7 Å². The minimum Gasteiger partial charge on any atom is -0.508 e. The minimum atomic E-state index is -0.903. The third-order valence-electron chi connectivity index (χ3n) is 6.20. The lowest BCUT2D eigenvalue weighted by Gasteiger charge is -2.25. The maximum atomic E-state index is 13.3. The van der Waals surface area contributed by atoms with E-state index < -0.39 is 17.7 Å². The Labute approximate surface area is 213 Å². The number of ether oxygens (including phenoxy) is 1. The highest BCUT2D eigenvalue weighted by Gasteiger charge is 2.47. The van der Waals surface area contributed by atoms with Crippen LogP contribution in [0.3, 0.4) is 0 Å². The SMILES string of the molecule is COc1cccc(/C(O)=C2/C(=O)C(=O)N(c3ccc(Nc4ccccc4)cc3)C2c2ccc(O)cc2)c1. The second-order valence-electron chi connectivity index (χ2n) is 8.53. The van der Waals surface area contributed by atoms with Crippen molar-refractivity contribution in [1.29, 1.82) is 0 Å². The number of phenols is 1. The summed E-state index contributed by atoms with van der Waals surface area (Å²) in [7, 11) is 1.50. The number of aliphatic hydroxyl groups excluding tert-OH is 1. The lowest BCUT2D eigenvalue weighted by Crippen LogP contribution is -2.29. The molecule has 37 heavy (non-hydrogen) atoms. The van der Waals surface area contributed by atoms with Crippen molar-refractivity contribution in [1.82, 2.24) is 0 Å². The molecule has 1 unspecified atom stereocenters. The average molecular weight is 493 g/mol. The number of nitrogens with one attached hydrogen (secondary N) is 1. The van der Waals surface area contributed by atoms with Crippen molar-refractivity contribution in [2.24, 2.45) is 0 Å². The zero-order valence-corrected chi connectivity index (χ0v) is 20.0. The van der Waals surface area contributed by atoms with Crippen molar-refractivity contribution in [3.63, 3.8) is 0 Å². The highest BCUT2D eigenvalue weighted by Crippen LogP contribution is 2.43. The molecule has 1 aliphatic heterocycles. The van der Waals surface area contributed by atoms with Gasteiger partial charge in [0, 0.05) is 22.6 Å². The number of carbonyl (C=O) groups excluding carboxylic acids is 2. The van der Waals surface area contributed by atoms with Crippen LogP contribution in [-0.4, -0.2) is 29.0 Å². The van der Waals surface area contributed by atoms with Gasteiger partial charge < -0.3 is 20.3 Å². The van der Waals surface area contributed by atoms with Gasteiger partial charge in [-0.15, -0.1) is 0 Å². The molecule has 4 aromatic carbocycles. The Morgan fingerprint density at radius 1 is 0.838 bits per heavy atom. The molecule has 0 saturated carbocycles. The Morgan fingerprint density at radius 2 is 1.51 bits per heavy atom. The Hall–Kier alpha value is -5.04. The number of aliphatic hydroxyl groups is 1. The second kappa shape index (κ2) is 9.91. The van der Waals surface area contributed by atoms with Gasteiger partial charge in [0.15, 0.2) is 0 Å². The van der Waals surface area contributed by atoms with Crippen molar-refractivity contribution in [2.75, 3.05) is 17.3 Å². The Kier molecular flexibility index (Phi) is 6.34. The Morgan fingerprint density at radius 3 is 2.19 bits per heavy atom. The molecule has 184 valence electrons. The monoisotopic (exact) mass is 492 g/mol. The van der Waals surface area contributed by atoms with E-state index in [-0.39, 0.29) is 17.1 Å². The number of rotatable bonds is 6. The van der Waals surface area contributed by atoms with Crippen LogP contribution in [0.5, 0.6) is 11.5 Å². The third kappa shape index (κ3) is 4.62. The molecule has 0 spiro atoms. The number of amides is 1. The number of hydrogen-bond acceptors (Lipinski definition) is 6. The van der Waals surface area contributed by atoms with Crippen molar-refractivity contribution in [3.05, 3.63) is 120 Å². The topological polar surface area (TPSA) is 99.1 Å². The van der Waals surface area contributed by atoms with Crippen molar-refractivity contribution in [3.8, 4) is 11.5 Å². The van der Waals surface area contributed by atoms with E-state index in [9.17, 15) is 19.8 Å². The molecule has 3 N–H and O–H groups in total. The van der Waals surface area contributed by atoms with E-state index in [1.807, 2.05) is 42.5 Å². The van der Waals surface area contributed by atoms with Crippen LogP contribution in [0.1, 0.15) is 17.2 Å². The molecule has 1 amide bonds. The lowest BCUT2D eigenvalue weighted by atomic mass is 9.95. The summed E-state index contributed by atoms with van der Waals surface area (Å²) in [5, 5.41) is 24.4. The number of methoxy groups -OCH3 is 1. The maximum Gasteiger partial charge on any atom is 0.300 e. The molecule has 1 saturated heterocycles. The highest BCUT2D eigenvalue weighted by atomic mass is 16.5. The summed E-state index contributed by atoms with van der Waals surface area (Å²) in [4.78, 5) is 28.0. The molecule has 0 bridgehead atoms. The molecule has 1 atom stereocenters. The molecule has 5 rings (SSSR count). The molecule has 0 aromatic heterocycles. The predicted molar refractivity (Wildman–Crippen MR) is 142 cm³/mol.